The molecule has 0 bridgehead atoms. The smallest absolute Gasteiger partial charge is 0.191 e. The standard InChI is InChI=1S/C16H22FN5S/c1-3-12-10-21-15(23-12)7-9-20-16(18-4-2)22-11-14-13(17)6-5-8-19-14/h5-6,8,10H,3-4,7,9,11H2,1-2H3,(H2,18,20,22). The van der Waals surface area contributed by atoms with Gasteiger partial charge in [-0.2, -0.15) is 0 Å². The second-order valence-corrected chi connectivity index (χ2v) is 6.08. The summed E-state index contributed by atoms with van der Waals surface area (Å²) in [7, 11) is 0. The van der Waals surface area contributed by atoms with Gasteiger partial charge in [0.15, 0.2) is 5.96 Å². The zero-order valence-corrected chi connectivity index (χ0v) is 14.3. The molecule has 124 valence electrons. The van der Waals surface area contributed by atoms with Crippen LogP contribution in [0.3, 0.4) is 0 Å². The average molecular weight is 335 g/mol. The highest BCUT2D eigenvalue weighted by Gasteiger charge is 2.04. The van der Waals surface area contributed by atoms with Gasteiger partial charge in [0.2, 0.25) is 0 Å². The number of halogens is 1. The lowest BCUT2D eigenvalue weighted by atomic mass is 10.3. The third-order valence-corrected chi connectivity index (χ3v) is 4.35. The first kappa shape index (κ1) is 17.3. The molecule has 7 heteroatoms. The van der Waals surface area contributed by atoms with E-state index in [4.69, 9.17) is 0 Å². The number of aromatic nitrogens is 2. The maximum absolute atomic E-state index is 13.6. The Morgan fingerprint density at radius 3 is 2.87 bits per heavy atom. The third-order valence-electron chi connectivity index (χ3n) is 3.15. The molecular formula is C16H22FN5S. The Bertz CT molecular complexity index is 641. The second-order valence-electron chi connectivity index (χ2n) is 4.88. The van der Waals surface area contributed by atoms with E-state index < -0.39 is 0 Å². The Balaban J connectivity index is 1.87. The molecule has 2 aromatic heterocycles. The Kier molecular flexibility index (Phi) is 6.93. The molecule has 0 aromatic carbocycles. The van der Waals surface area contributed by atoms with Crippen molar-refractivity contribution >= 4 is 17.3 Å². The van der Waals surface area contributed by atoms with Gasteiger partial charge in [-0.1, -0.05) is 6.92 Å². The molecule has 0 fully saturated rings. The summed E-state index contributed by atoms with van der Waals surface area (Å²) in [5.74, 6) is 0.326. The van der Waals surface area contributed by atoms with Gasteiger partial charge in [0.25, 0.3) is 0 Å². The van der Waals surface area contributed by atoms with E-state index in [1.807, 2.05) is 13.1 Å². The molecule has 2 rings (SSSR count). The van der Waals surface area contributed by atoms with Crippen LogP contribution in [0.4, 0.5) is 4.39 Å². The van der Waals surface area contributed by atoms with Crippen LogP contribution in [-0.4, -0.2) is 29.0 Å². The summed E-state index contributed by atoms with van der Waals surface area (Å²) >= 11 is 1.74. The maximum atomic E-state index is 13.6. The van der Waals surface area contributed by atoms with Crippen LogP contribution in [0.25, 0.3) is 0 Å². The highest BCUT2D eigenvalue weighted by Crippen LogP contribution is 2.13. The largest absolute Gasteiger partial charge is 0.357 e. The fourth-order valence-electron chi connectivity index (χ4n) is 1.95. The number of hydrogen-bond donors (Lipinski definition) is 2. The molecule has 2 aromatic rings. The lowest BCUT2D eigenvalue weighted by Crippen LogP contribution is -2.38. The van der Waals surface area contributed by atoms with Gasteiger partial charge >= 0.3 is 0 Å². The predicted molar refractivity (Wildman–Crippen MR) is 92.2 cm³/mol. The highest BCUT2D eigenvalue weighted by molar-refractivity contribution is 7.11. The number of aryl methyl sites for hydroxylation is 1. The summed E-state index contributed by atoms with van der Waals surface area (Å²) in [6, 6.07) is 2.97. The number of hydrogen-bond acceptors (Lipinski definition) is 4. The molecule has 0 amide bonds. The highest BCUT2D eigenvalue weighted by atomic mass is 32.1. The number of aliphatic imine (C=N–C) groups is 1. The first-order chi connectivity index (χ1) is 11.2. The molecule has 0 aliphatic carbocycles. The van der Waals surface area contributed by atoms with Crippen molar-refractivity contribution in [2.45, 2.75) is 33.2 Å². The van der Waals surface area contributed by atoms with Gasteiger partial charge in [-0.05, 0) is 25.5 Å². The summed E-state index contributed by atoms with van der Waals surface area (Å²) in [5, 5.41) is 7.50. The SMILES string of the molecule is CCNC(=NCc1ncccc1F)NCCc1ncc(CC)s1. The van der Waals surface area contributed by atoms with Crippen molar-refractivity contribution in [3.8, 4) is 0 Å². The maximum Gasteiger partial charge on any atom is 0.191 e. The summed E-state index contributed by atoms with van der Waals surface area (Å²) in [5.41, 5.74) is 0.345. The molecule has 0 unspecified atom stereocenters. The molecule has 0 atom stereocenters. The van der Waals surface area contributed by atoms with Crippen LogP contribution in [0.2, 0.25) is 0 Å². The van der Waals surface area contributed by atoms with Crippen molar-refractivity contribution < 1.29 is 4.39 Å². The van der Waals surface area contributed by atoms with E-state index in [1.165, 1.54) is 10.9 Å². The third kappa shape index (κ3) is 5.59. The van der Waals surface area contributed by atoms with Crippen LogP contribution in [0, 0.1) is 5.82 Å². The predicted octanol–water partition coefficient (Wildman–Crippen LogP) is 2.54. The van der Waals surface area contributed by atoms with Gasteiger partial charge in [-0.3, -0.25) is 4.98 Å². The van der Waals surface area contributed by atoms with Crippen molar-refractivity contribution in [1.29, 1.82) is 0 Å². The van der Waals surface area contributed by atoms with Crippen LogP contribution in [0.1, 0.15) is 29.4 Å². The summed E-state index contributed by atoms with van der Waals surface area (Å²) in [6.45, 7) is 5.80. The van der Waals surface area contributed by atoms with Gasteiger partial charge in [0, 0.05) is 36.8 Å². The van der Waals surface area contributed by atoms with Gasteiger partial charge in [0.1, 0.15) is 5.82 Å². The average Bonchev–Trinajstić information content (AvgIpc) is 3.02. The minimum atomic E-state index is -0.332. The van der Waals surface area contributed by atoms with Gasteiger partial charge in [-0.25, -0.2) is 14.4 Å². The van der Waals surface area contributed by atoms with Crippen LogP contribution < -0.4 is 10.6 Å². The van der Waals surface area contributed by atoms with Crippen LogP contribution >= 0.6 is 11.3 Å². The van der Waals surface area contributed by atoms with Gasteiger partial charge < -0.3 is 10.6 Å². The normalized spacial score (nSPS) is 11.5. The van der Waals surface area contributed by atoms with Crippen molar-refractivity contribution in [3.63, 3.8) is 0 Å². The molecule has 0 radical (unpaired) electrons. The van der Waals surface area contributed by atoms with Crippen molar-refractivity contribution in [2.24, 2.45) is 4.99 Å². The molecule has 2 heterocycles. The van der Waals surface area contributed by atoms with Crippen molar-refractivity contribution in [3.05, 3.63) is 45.9 Å². The molecule has 0 saturated carbocycles. The molecule has 0 saturated heterocycles. The molecule has 0 aliphatic heterocycles. The molecule has 5 nitrogen and oxygen atoms in total. The summed E-state index contributed by atoms with van der Waals surface area (Å²) < 4.78 is 13.6. The summed E-state index contributed by atoms with van der Waals surface area (Å²) in [6.07, 6.45) is 5.36. The quantitative estimate of drug-likeness (QED) is 0.603. The van der Waals surface area contributed by atoms with Crippen LogP contribution in [-0.2, 0) is 19.4 Å². The van der Waals surface area contributed by atoms with E-state index in [0.717, 1.165) is 30.9 Å². The number of rotatable bonds is 7. The zero-order chi connectivity index (χ0) is 16.5. The molecule has 0 aliphatic rings. The molecule has 0 spiro atoms. The Morgan fingerprint density at radius 2 is 2.17 bits per heavy atom. The zero-order valence-electron chi connectivity index (χ0n) is 13.5. The lowest BCUT2D eigenvalue weighted by molar-refractivity contribution is 0.599. The second kappa shape index (κ2) is 9.19. The van der Waals surface area contributed by atoms with E-state index in [-0.39, 0.29) is 12.4 Å². The van der Waals surface area contributed by atoms with E-state index in [9.17, 15) is 4.39 Å². The van der Waals surface area contributed by atoms with Crippen molar-refractivity contribution in [1.82, 2.24) is 20.6 Å². The first-order valence-corrected chi connectivity index (χ1v) is 8.59. The number of nitrogens with zero attached hydrogens (tertiary/aromatic N) is 3. The van der Waals surface area contributed by atoms with Gasteiger partial charge in [0.05, 0.1) is 17.2 Å². The van der Waals surface area contributed by atoms with Gasteiger partial charge in [-0.15, -0.1) is 11.3 Å². The van der Waals surface area contributed by atoms with Crippen molar-refractivity contribution in [2.75, 3.05) is 13.1 Å². The van der Waals surface area contributed by atoms with E-state index in [1.54, 1.807) is 23.6 Å². The Hall–Kier alpha value is -2.02. The summed E-state index contributed by atoms with van der Waals surface area (Å²) in [4.78, 5) is 14.1. The van der Waals surface area contributed by atoms with Crippen LogP contribution in [0.15, 0.2) is 29.5 Å². The number of pyridine rings is 1. The topological polar surface area (TPSA) is 62.2 Å². The fourth-order valence-corrected chi connectivity index (χ4v) is 2.81. The monoisotopic (exact) mass is 335 g/mol. The minimum Gasteiger partial charge on any atom is -0.357 e. The molecular weight excluding hydrogens is 313 g/mol. The van der Waals surface area contributed by atoms with E-state index >= 15 is 0 Å². The Morgan fingerprint density at radius 1 is 1.30 bits per heavy atom. The fraction of sp³-hybridized carbons (Fsp3) is 0.438. The lowest BCUT2D eigenvalue weighted by Gasteiger charge is -2.10. The van der Waals surface area contributed by atoms with E-state index in [0.29, 0.717) is 11.7 Å². The van der Waals surface area contributed by atoms with E-state index in [2.05, 4.69) is 32.5 Å². The van der Waals surface area contributed by atoms with Crippen LogP contribution in [0.5, 0.6) is 0 Å². The number of nitrogens with one attached hydrogen (secondary N) is 2. The minimum absolute atomic E-state index is 0.208. The molecule has 23 heavy (non-hydrogen) atoms. The Labute approximate surface area is 140 Å². The first-order valence-electron chi connectivity index (χ1n) is 7.78. The molecule has 2 N–H and O–H groups in total. The number of thiazole rings is 1. The number of guanidine groups is 1.